The molecule has 4 heteroatoms. The molecule has 1 aromatic rings. The summed E-state index contributed by atoms with van der Waals surface area (Å²) >= 11 is 0. The summed E-state index contributed by atoms with van der Waals surface area (Å²) in [7, 11) is 0. The van der Waals surface area contributed by atoms with Crippen LogP contribution in [0, 0.1) is 0 Å². The fraction of sp³-hybridized carbons (Fsp3) is 0.571. The van der Waals surface area contributed by atoms with Gasteiger partial charge in [0.15, 0.2) is 0 Å². The Kier molecular flexibility index (Phi) is 5.20. The smallest absolute Gasteiger partial charge is 0.301 e. The molecular formula is C14H20F3N. The highest BCUT2D eigenvalue weighted by Gasteiger charge is 2.30. The molecular weight excluding hydrogens is 239 g/mol. The van der Waals surface area contributed by atoms with Gasteiger partial charge in [-0.25, -0.2) is 0 Å². The summed E-state index contributed by atoms with van der Waals surface area (Å²) in [5.74, 6) is 0. The molecule has 0 N–H and O–H groups in total. The van der Waals surface area contributed by atoms with E-state index in [1.807, 2.05) is 6.92 Å². The predicted molar refractivity (Wildman–Crippen MR) is 67.5 cm³/mol. The molecule has 0 radical (unpaired) electrons. The molecule has 0 spiro atoms. The first kappa shape index (κ1) is 15.0. The summed E-state index contributed by atoms with van der Waals surface area (Å²) in [6.07, 6.45) is -3.61. The van der Waals surface area contributed by atoms with Gasteiger partial charge in [-0.15, -0.1) is 0 Å². The summed E-state index contributed by atoms with van der Waals surface area (Å²) in [5, 5.41) is 0. The summed E-state index contributed by atoms with van der Waals surface area (Å²) in [6, 6.07) is 5.86. The van der Waals surface area contributed by atoms with Gasteiger partial charge in [0.05, 0.1) is 5.56 Å². The number of rotatable bonds is 5. The second kappa shape index (κ2) is 6.23. The van der Waals surface area contributed by atoms with Crippen molar-refractivity contribution in [2.24, 2.45) is 0 Å². The van der Waals surface area contributed by atoms with Crippen molar-refractivity contribution in [2.75, 3.05) is 13.1 Å². The molecule has 1 nitrogen and oxygen atoms in total. The minimum Gasteiger partial charge on any atom is -0.301 e. The number of halogens is 3. The van der Waals surface area contributed by atoms with Crippen LogP contribution in [-0.4, -0.2) is 24.0 Å². The van der Waals surface area contributed by atoms with E-state index in [4.69, 9.17) is 0 Å². The van der Waals surface area contributed by atoms with Crippen LogP contribution in [0.25, 0.3) is 0 Å². The van der Waals surface area contributed by atoms with E-state index in [1.54, 1.807) is 6.07 Å². The van der Waals surface area contributed by atoms with Crippen LogP contribution in [0.2, 0.25) is 0 Å². The summed E-state index contributed by atoms with van der Waals surface area (Å²) in [5.41, 5.74) is 0.177. The number of hydrogen-bond donors (Lipinski definition) is 0. The molecule has 0 aromatic heterocycles. The van der Waals surface area contributed by atoms with E-state index in [9.17, 15) is 13.2 Å². The van der Waals surface area contributed by atoms with E-state index in [1.165, 1.54) is 12.1 Å². The average Bonchev–Trinajstić information content (AvgIpc) is 2.29. The zero-order chi connectivity index (χ0) is 13.8. The Morgan fingerprint density at radius 1 is 1.17 bits per heavy atom. The highest BCUT2D eigenvalue weighted by Crippen LogP contribution is 2.29. The predicted octanol–water partition coefficient (Wildman–Crippen LogP) is 3.98. The Bertz CT molecular complexity index is 370. The Morgan fingerprint density at radius 2 is 1.78 bits per heavy atom. The molecule has 1 aromatic carbocycles. The third-order valence-electron chi connectivity index (χ3n) is 3.22. The van der Waals surface area contributed by atoms with Gasteiger partial charge in [-0.1, -0.05) is 32.0 Å². The second-order valence-electron chi connectivity index (χ2n) is 4.47. The first-order chi connectivity index (χ1) is 8.38. The van der Waals surface area contributed by atoms with Crippen LogP contribution in [0.3, 0.4) is 0 Å². The first-order valence-electron chi connectivity index (χ1n) is 6.28. The van der Waals surface area contributed by atoms with E-state index in [2.05, 4.69) is 18.7 Å². The van der Waals surface area contributed by atoms with Crippen LogP contribution in [-0.2, 0) is 12.6 Å². The molecule has 0 aliphatic carbocycles. The molecule has 0 saturated heterocycles. The Labute approximate surface area is 107 Å². The molecule has 1 rings (SSSR count). The van der Waals surface area contributed by atoms with Crippen LogP contribution >= 0.6 is 0 Å². The molecule has 0 aliphatic heterocycles. The molecule has 0 heterocycles. The quantitative estimate of drug-likeness (QED) is 0.773. The van der Waals surface area contributed by atoms with Gasteiger partial charge in [0, 0.05) is 6.04 Å². The van der Waals surface area contributed by atoms with Crippen LogP contribution in [0.1, 0.15) is 31.9 Å². The summed E-state index contributed by atoms with van der Waals surface area (Å²) < 4.78 is 37.8. The normalized spacial score (nSPS) is 13.9. The SMILES string of the molecule is CCN(CC)[C@@H](C)Cc1cccc(C(F)(F)F)c1. The number of nitrogens with zero attached hydrogens (tertiary/aromatic N) is 1. The molecule has 0 amide bonds. The molecule has 0 fully saturated rings. The zero-order valence-electron chi connectivity index (χ0n) is 11.1. The van der Waals surface area contributed by atoms with Crippen molar-refractivity contribution in [3.05, 3.63) is 35.4 Å². The van der Waals surface area contributed by atoms with E-state index in [-0.39, 0.29) is 6.04 Å². The number of alkyl halides is 3. The van der Waals surface area contributed by atoms with Crippen molar-refractivity contribution >= 4 is 0 Å². The van der Waals surface area contributed by atoms with E-state index in [0.29, 0.717) is 6.42 Å². The minimum absolute atomic E-state index is 0.253. The van der Waals surface area contributed by atoms with Crippen molar-refractivity contribution in [2.45, 2.75) is 39.4 Å². The first-order valence-corrected chi connectivity index (χ1v) is 6.28. The molecule has 0 unspecified atom stereocenters. The highest BCUT2D eigenvalue weighted by molar-refractivity contribution is 5.26. The van der Waals surface area contributed by atoms with Gasteiger partial charge >= 0.3 is 6.18 Å². The van der Waals surface area contributed by atoms with Crippen molar-refractivity contribution in [3.63, 3.8) is 0 Å². The largest absolute Gasteiger partial charge is 0.416 e. The molecule has 0 aliphatic rings. The molecule has 102 valence electrons. The fourth-order valence-corrected chi connectivity index (χ4v) is 2.19. The van der Waals surface area contributed by atoms with Gasteiger partial charge in [0.2, 0.25) is 0 Å². The number of benzene rings is 1. The van der Waals surface area contributed by atoms with Crippen LogP contribution in [0.4, 0.5) is 13.2 Å². The summed E-state index contributed by atoms with van der Waals surface area (Å²) in [4.78, 5) is 2.24. The lowest BCUT2D eigenvalue weighted by Gasteiger charge is -2.26. The molecule has 1 atom stereocenters. The van der Waals surface area contributed by atoms with Crippen LogP contribution in [0.5, 0.6) is 0 Å². The monoisotopic (exact) mass is 259 g/mol. The highest BCUT2D eigenvalue weighted by atomic mass is 19.4. The van der Waals surface area contributed by atoms with E-state index in [0.717, 1.165) is 24.7 Å². The van der Waals surface area contributed by atoms with Gasteiger partial charge in [-0.05, 0) is 38.1 Å². The Morgan fingerprint density at radius 3 is 2.28 bits per heavy atom. The molecule has 0 bridgehead atoms. The third kappa shape index (κ3) is 4.02. The van der Waals surface area contributed by atoms with Crippen LogP contribution < -0.4 is 0 Å². The lowest BCUT2D eigenvalue weighted by atomic mass is 10.0. The maximum Gasteiger partial charge on any atom is 0.416 e. The van der Waals surface area contributed by atoms with Crippen molar-refractivity contribution in [1.82, 2.24) is 4.90 Å². The average molecular weight is 259 g/mol. The van der Waals surface area contributed by atoms with Gasteiger partial charge in [-0.3, -0.25) is 0 Å². The summed E-state index contributed by atoms with van der Waals surface area (Å²) in [6.45, 7) is 8.00. The van der Waals surface area contributed by atoms with E-state index < -0.39 is 11.7 Å². The van der Waals surface area contributed by atoms with Crippen molar-refractivity contribution < 1.29 is 13.2 Å². The third-order valence-corrected chi connectivity index (χ3v) is 3.22. The molecule has 0 saturated carbocycles. The van der Waals surface area contributed by atoms with Crippen molar-refractivity contribution in [3.8, 4) is 0 Å². The minimum atomic E-state index is -4.26. The number of likely N-dealkylation sites (N-methyl/N-ethyl adjacent to an activating group) is 1. The van der Waals surface area contributed by atoms with Crippen LogP contribution in [0.15, 0.2) is 24.3 Å². The Balaban J connectivity index is 2.79. The zero-order valence-corrected chi connectivity index (χ0v) is 11.1. The van der Waals surface area contributed by atoms with Crippen molar-refractivity contribution in [1.29, 1.82) is 0 Å². The fourth-order valence-electron chi connectivity index (χ4n) is 2.19. The second-order valence-corrected chi connectivity index (χ2v) is 4.47. The number of hydrogen-bond acceptors (Lipinski definition) is 1. The maximum atomic E-state index is 12.6. The van der Waals surface area contributed by atoms with Gasteiger partial charge in [0.1, 0.15) is 0 Å². The maximum absolute atomic E-state index is 12.6. The topological polar surface area (TPSA) is 3.24 Å². The molecule has 18 heavy (non-hydrogen) atoms. The van der Waals surface area contributed by atoms with Gasteiger partial charge < -0.3 is 4.90 Å². The van der Waals surface area contributed by atoms with Gasteiger partial charge in [-0.2, -0.15) is 13.2 Å². The Hall–Kier alpha value is -1.03. The van der Waals surface area contributed by atoms with Gasteiger partial charge in [0.25, 0.3) is 0 Å². The lowest BCUT2D eigenvalue weighted by molar-refractivity contribution is -0.137. The van der Waals surface area contributed by atoms with E-state index >= 15 is 0 Å². The lowest BCUT2D eigenvalue weighted by Crippen LogP contribution is -2.34. The standard InChI is InChI=1S/C14H20F3N/c1-4-18(5-2)11(3)9-12-7-6-8-13(10-12)14(15,16)17/h6-8,10-11H,4-5,9H2,1-3H3/t11-/m0/s1.